The second-order valence-electron chi connectivity index (χ2n) is 6.08. The van der Waals surface area contributed by atoms with Gasteiger partial charge in [-0.3, -0.25) is 19.7 Å². The molecule has 2 aromatic rings. The molecule has 0 radical (unpaired) electrons. The minimum atomic E-state index is -0.531. The highest BCUT2D eigenvalue weighted by Gasteiger charge is 2.35. The Bertz CT molecular complexity index is 883. The van der Waals surface area contributed by atoms with Crippen molar-refractivity contribution in [3.05, 3.63) is 63.2 Å². The van der Waals surface area contributed by atoms with Crippen molar-refractivity contribution in [1.82, 2.24) is 0 Å². The van der Waals surface area contributed by atoms with Crippen LogP contribution >= 0.6 is 11.6 Å². The second kappa shape index (κ2) is 7.13. The molecule has 1 N–H and O–H groups in total. The first-order valence-corrected chi connectivity index (χ1v) is 8.35. The Morgan fingerprint density at radius 2 is 1.96 bits per heavy atom. The molecular formula is C18H16ClN3O4. The molecule has 1 aliphatic heterocycles. The third-order valence-electron chi connectivity index (χ3n) is 4.39. The summed E-state index contributed by atoms with van der Waals surface area (Å²) in [5.74, 6) is -1.02. The van der Waals surface area contributed by atoms with Crippen molar-refractivity contribution >= 4 is 40.5 Å². The van der Waals surface area contributed by atoms with Crippen molar-refractivity contribution in [3.63, 3.8) is 0 Å². The predicted octanol–water partition coefficient (Wildman–Crippen LogP) is 3.55. The van der Waals surface area contributed by atoms with Crippen molar-refractivity contribution in [3.8, 4) is 0 Å². The number of carbonyl (C=O) groups excluding carboxylic acids is 2. The number of nitrogens with one attached hydrogen (secondary N) is 1. The van der Waals surface area contributed by atoms with Crippen LogP contribution in [0.1, 0.15) is 12.0 Å². The first-order valence-electron chi connectivity index (χ1n) is 7.97. The zero-order valence-electron chi connectivity index (χ0n) is 13.9. The van der Waals surface area contributed by atoms with E-state index in [0.717, 1.165) is 0 Å². The summed E-state index contributed by atoms with van der Waals surface area (Å²) in [7, 11) is 0. The van der Waals surface area contributed by atoms with E-state index in [2.05, 4.69) is 5.32 Å². The van der Waals surface area contributed by atoms with Crippen LogP contribution in [0.2, 0.25) is 5.02 Å². The number of rotatable bonds is 4. The molecule has 26 heavy (non-hydrogen) atoms. The lowest BCUT2D eigenvalue weighted by atomic mass is 10.1. The lowest BCUT2D eigenvalue weighted by molar-refractivity contribution is -0.385. The van der Waals surface area contributed by atoms with Crippen molar-refractivity contribution in [1.29, 1.82) is 0 Å². The Morgan fingerprint density at radius 1 is 1.27 bits per heavy atom. The van der Waals surface area contributed by atoms with Gasteiger partial charge in [0.1, 0.15) is 0 Å². The number of halogens is 1. The molecule has 0 aromatic heterocycles. The number of hydrogen-bond acceptors (Lipinski definition) is 4. The summed E-state index contributed by atoms with van der Waals surface area (Å²) in [6.45, 7) is 1.83. The highest BCUT2D eigenvalue weighted by atomic mass is 35.5. The zero-order chi connectivity index (χ0) is 18.8. The van der Waals surface area contributed by atoms with Crippen LogP contribution in [0.4, 0.5) is 17.1 Å². The molecule has 0 spiro atoms. The van der Waals surface area contributed by atoms with Crippen LogP contribution in [0.15, 0.2) is 42.5 Å². The van der Waals surface area contributed by atoms with Crippen LogP contribution in [0, 0.1) is 23.0 Å². The number of benzene rings is 2. The first kappa shape index (κ1) is 17.9. The van der Waals surface area contributed by atoms with Gasteiger partial charge < -0.3 is 10.2 Å². The van der Waals surface area contributed by atoms with E-state index in [1.807, 2.05) is 0 Å². The van der Waals surface area contributed by atoms with Crippen molar-refractivity contribution in [2.45, 2.75) is 13.3 Å². The third kappa shape index (κ3) is 3.52. The molecule has 0 unspecified atom stereocenters. The Labute approximate surface area is 154 Å². The molecule has 2 amide bonds. The molecule has 1 saturated heterocycles. The molecule has 8 heteroatoms. The first-order chi connectivity index (χ1) is 12.4. The Morgan fingerprint density at radius 3 is 2.62 bits per heavy atom. The molecule has 0 saturated carbocycles. The molecule has 1 heterocycles. The van der Waals surface area contributed by atoms with Crippen molar-refractivity contribution in [2.75, 3.05) is 16.8 Å². The zero-order valence-corrected chi connectivity index (χ0v) is 14.7. The van der Waals surface area contributed by atoms with Gasteiger partial charge in [-0.2, -0.15) is 0 Å². The van der Waals surface area contributed by atoms with Gasteiger partial charge in [0.25, 0.3) is 5.69 Å². The SMILES string of the molecule is Cc1c(NC(=O)[C@H]2CC(=O)N(c3ccc(Cl)cc3)C2)cccc1[N+](=O)[O-]. The van der Waals surface area contributed by atoms with Gasteiger partial charge in [-0.1, -0.05) is 17.7 Å². The van der Waals surface area contributed by atoms with Crippen LogP contribution < -0.4 is 10.2 Å². The molecule has 134 valence electrons. The molecule has 1 atom stereocenters. The summed E-state index contributed by atoms with van der Waals surface area (Å²) in [4.78, 5) is 36.9. The number of amides is 2. The lowest BCUT2D eigenvalue weighted by Crippen LogP contribution is -2.28. The molecule has 0 aliphatic carbocycles. The molecule has 7 nitrogen and oxygen atoms in total. The minimum Gasteiger partial charge on any atom is -0.325 e. The van der Waals surface area contributed by atoms with Gasteiger partial charge in [-0.15, -0.1) is 0 Å². The van der Waals surface area contributed by atoms with E-state index in [1.165, 1.54) is 12.1 Å². The predicted molar refractivity (Wildman–Crippen MR) is 98.4 cm³/mol. The molecule has 0 bridgehead atoms. The van der Waals surface area contributed by atoms with Gasteiger partial charge in [0.2, 0.25) is 11.8 Å². The van der Waals surface area contributed by atoms with E-state index in [9.17, 15) is 19.7 Å². The summed E-state index contributed by atoms with van der Waals surface area (Å²) in [5, 5.41) is 14.3. The standard InChI is InChI=1S/C18H16ClN3O4/c1-11-15(3-2-4-16(11)22(25)26)20-18(24)12-9-17(23)21(10-12)14-7-5-13(19)6-8-14/h2-8,12H,9-10H2,1H3,(H,20,24)/t12-/m0/s1. The highest BCUT2D eigenvalue weighted by Crippen LogP contribution is 2.29. The molecular weight excluding hydrogens is 358 g/mol. The van der Waals surface area contributed by atoms with Gasteiger partial charge in [-0.05, 0) is 37.3 Å². The van der Waals surface area contributed by atoms with E-state index in [1.54, 1.807) is 42.2 Å². The average Bonchev–Trinajstić information content (AvgIpc) is 2.99. The quantitative estimate of drug-likeness (QED) is 0.655. The van der Waals surface area contributed by atoms with E-state index in [0.29, 0.717) is 22.0 Å². The van der Waals surface area contributed by atoms with Gasteiger partial charge in [0.05, 0.1) is 22.1 Å². The number of hydrogen-bond donors (Lipinski definition) is 1. The van der Waals surface area contributed by atoms with Crippen LogP contribution in [0.5, 0.6) is 0 Å². The van der Waals surface area contributed by atoms with E-state index < -0.39 is 10.8 Å². The summed E-state index contributed by atoms with van der Waals surface area (Å²) in [6, 6.07) is 11.3. The van der Waals surface area contributed by atoms with E-state index >= 15 is 0 Å². The monoisotopic (exact) mass is 373 g/mol. The van der Waals surface area contributed by atoms with Crippen LogP contribution in [-0.2, 0) is 9.59 Å². The number of nitro groups is 1. The largest absolute Gasteiger partial charge is 0.325 e. The molecule has 1 fully saturated rings. The summed E-state index contributed by atoms with van der Waals surface area (Å²) >= 11 is 5.86. The van der Waals surface area contributed by atoms with Crippen molar-refractivity contribution < 1.29 is 14.5 Å². The van der Waals surface area contributed by atoms with Gasteiger partial charge in [0, 0.05) is 29.7 Å². The van der Waals surface area contributed by atoms with Crippen LogP contribution in [0.25, 0.3) is 0 Å². The third-order valence-corrected chi connectivity index (χ3v) is 4.65. The summed E-state index contributed by atoms with van der Waals surface area (Å²) in [5.41, 5.74) is 1.38. The smallest absolute Gasteiger partial charge is 0.274 e. The normalized spacial score (nSPS) is 16.6. The Hall–Kier alpha value is -2.93. The summed E-state index contributed by atoms with van der Waals surface area (Å²) in [6.07, 6.45) is 0.0857. The fraction of sp³-hybridized carbons (Fsp3) is 0.222. The molecule has 3 rings (SSSR count). The fourth-order valence-corrected chi connectivity index (χ4v) is 3.07. The maximum absolute atomic E-state index is 12.5. The fourth-order valence-electron chi connectivity index (χ4n) is 2.95. The maximum atomic E-state index is 12.5. The van der Waals surface area contributed by atoms with E-state index in [-0.39, 0.29) is 30.5 Å². The van der Waals surface area contributed by atoms with Crippen LogP contribution in [-0.4, -0.2) is 23.3 Å². The number of nitrogens with zero attached hydrogens (tertiary/aromatic N) is 2. The van der Waals surface area contributed by atoms with Crippen molar-refractivity contribution in [2.24, 2.45) is 5.92 Å². The topological polar surface area (TPSA) is 92.6 Å². The molecule has 1 aliphatic rings. The average molecular weight is 374 g/mol. The second-order valence-corrected chi connectivity index (χ2v) is 6.51. The van der Waals surface area contributed by atoms with Gasteiger partial charge in [-0.25, -0.2) is 0 Å². The molecule has 2 aromatic carbocycles. The Balaban J connectivity index is 1.74. The number of anilines is 2. The minimum absolute atomic E-state index is 0.0620. The van der Waals surface area contributed by atoms with E-state index in [4.69, 9.17) is 11.6 Å². The Kier molecular flexibility index (Phi) is 4.90. The highest BCUT2D eigenvalue weighted by molar-refractivity contribution is 6.30. The maximum Gasteiger partial charge on any atom is 0.274 e. The lowest BCUT2D eigenvalue weighted by Gasteiger charge is -2.17. The van der Waals surface area contributed by atoms with Crippen LogP contribution in [0.3, 0.4) is 0 Å². The summed E-state index contributed by atoms with van der Waals surface area (Å²) < 4.78 is 0. The van der Waals surface area contributed by atoms with Gasteiger partial charge in [0.15, 0.2) is 0 Å². The number of nitro benzene ring substituents is 1. The van der Waals surface area contributed by atoms with Gasteiger partial charge >= 0.3 is 0 Å². The number of carbonyl (C=O) groups is 2.